The Balaban J connectivity index is 2.39. The largest absolute Gasteiger partial charge is 0.476 e. The van der Waals surface area contributed by atoms with Crippen LogP contribution >= 0.6 is 0 Å². The molecule has 1 N–H and O–H groups in total. The van der Waals surface area contributed by atoms with Crippen molar-refractivity contribution in [1.29, 1.82) is 0 Å². The number of hydrogen-bond donors (Lipinski definition) is 1. The SMILES string of the molecule is Cc1cccn2c(C(=O)O)c(-c3ccccc3)nc12. The number of aryl methyl sites for hydroxylation is 1. The van der Waals surface area contributed by atoms with E-state index in [2.05, 4.69) is 4.98 Å². The fourth-order valence-corrected chi connectivity index (χ4v) is 2.21. The van der Waals surface area contributed by atoms with Gasteiger partial charge in [0.05, 0.1) is 0 Å². The lowest BCUT2D eigenvalue weighted by Crippen LogP contribution is -2.03. The molecule has 19 heavy (non-hydrogen) atoms. The van der Waals surface area contributed by atoms with E-state index in [4.69, 9.17) is 0 Å². The van der Waals surface area contributed by atoms with Crippen LogP contribution in [0.4, 0.5) is 0 Å². The first-order valence-corrected chi connectivity index (χ1v) is 5.95. The highest BCUT2D eigenvalue weighted by Gasteiger charge is 2.20. The molecule has 0 aliphatic rings. The fourth-order valence-electron chi connectivity index (χ4n) is 2.21. The summed E-state index contributed by atoms with van der Waals surface area (Å²) in [5.41, 5.74) is 3.14. The van der Waals surface area contributed by atoms with Crippen LogP contribution in [0.3, 0.4) is 0 Å². The number of carboxylic acid groups (broad SMARTS) is 1. The molecule has 0 amide bonds. The Bertz CT molecular complexity index is 760. The molecule has 0 aliphatic heterocycles. The van der Waals surface area contributed by atoms with Crippen molar-refractivity contribution >= 4 is 11.6 Å². The minimum atomic E-state index is -0.975. The Morgan fingerprint density at radius 3 is 2.58 bits per heavy atom. The van der Waals surface area contributed by atoms with E-state index < -0.39 is 5.97 Å². The number of fused-ring (bicyclic) bond motifs is 1. The zero-order chi connectivity index (χ0) is 13.4. The molecule has 0 aliphatic carbocycles. The second kappa shape index (κ2) is 4.24. The van der Waals surface area contributed by atoms with Gasteiger partial charge < -0.3 is 5.11 Å². The number of aromatic carboxylic acids is 1. The van der Waals surface area contributed by atoms with Gasteiger partial charge in [-0.25, -0.2) is 9.78 Å². The summed E-state index contributed by atoms with van der Waals surface area (Å²) in [6.45, 7) is 1.92. The van der Waals surface area contributed by atoms with Crippen LogP contribution in [0, 0.1) is 6.92 Å². The van der Waals surface area contributed by atoms with Crippen molar-refractivity contribution in [3.63, 3.8) is 0 Å². The molecule has 1 aromatic carbocycles. The molecule has 2 aromatic heterocycles. The molecule has 4 heteroatoms. The van der Waals surface area contributed by atoms with Crippen molar-refractivity contribution in [3.05, 3.63) is 59.9 Å². The van der Waals surface area contributed by atoms with Crippen molar-refractivity contribution in [2.45, 2.75) is 6.92 Å². The van der Waals surface area contributed by atoms with Crippen LogP contribution in [0.2, 0.25) is 0 Å². The maximum Gasteiger partial charge on any atom is 0.355 e. The van der Waals surface area contributed by atoms with Gasteiger partial charge >= 0.3 is 5.97 Å². The number of pyridine rings is 1. The van der Waals surface area contributed by atoms with Crippen LogP contribution in [-0.2, 0) is 0 Å². The zero-order valence-corrected chi connectivity index (χ0v) is 10.4. The first kappa shape index (κ1) is 11.5. The molecule has 0 saturated heterocycles. The van der Waals surface area contributed by atoms with Gasteiger partial charge in [-0.2, -0.15) is 0 Å². The van der Waals surface area contributed by atoms with Crippen LogP contribution in [0.25, 0.3) is 16.9 Å². The number of rotatable bonds is 2. The summed E-state index contributed by atoms with van der Waals surface area (Å²) in [4.78, 5) is 16.0. The predicted molar refractivity (Wildman–Crippen MR) is 72.3 cm³/mol. The summed E-state index contributed by atoms with van der Waals surface area (Å²) < 4.78 is 1.62. The van der Waals surface area contributed by atoms with Gasteiger partial charge in [-0.3, -0.25) is 4.40 Å². The molecule has 0 spiro atoms. The monoisotopic (exact) mass is 252 g/mol. The highest BCUT2D eigenvalue weighted by molar-refractivity contribution is 5.94. The van der Waals surface area contributed by atoms with E-state index in [1.807, 2.05) is 49.4 Å². The molecular formula is C15H12N2O2. The van der Waals surface area contributed by atoms with Crippen LogP contribution in [0.5, 0.6) is 0 Å². The van der Waals surface area contributed by atoms with Crippen molar-refractivity contribution in [2.24, 2.45) is 0 Å². The van der Waals surface area contributed by atoms with Crippen molar-refractivity contribution in [3.8, 4) is 11.3 Å². The molecule has 0 unspecified atom stereocenters. The average molecular weight is 252 g/mol. The summed E-state index contributed by atoms with van der Waals surface area (Å²) in [6, 6.07) is 13.1. The first-order chi connectivity index (χ1) is 9.18. The number of benzene rings is 1. The highest BCUT2D eigenvalue weighted by atomic mass is 16.4. The summed E-state index contributed by atoms with van der Waals surface area (Å²) >= 11 is 0. The molecule has 3 aromatic rings. The summed E-state index contributed by atoms with van der Waals surface area (Å²) in [5, 5.41) is 9.44. The van der Waals surface area contributed by atoms with Gasteiger partial charge in [0.15, 0.2) is 5.69 Å². The Kier molecular flexibility index (Phi) is 2.56. The van der Waals surface area contributed by atoms with Gasteiger partial charge in [-0.1, -0.05) is 36.4 Å². The highest BCUT2D eigenvalue weighted by Crippen LogP contribution is 2.25. The standard InChI is InChI=1S/C15H12N2O2/c1-10-6-5-9-17-13(15(18)19)12(16-14(10)17)11-7-3-2-4-8-11/h2-9H,1H3,(H,18,19). The van der Waals surface area contributed by atoms with Crippen LogP contribution in [0.15, 0.2) is 48.7 Å². The van der Waals surface area contributed by atoms with Crippen molar-refractivity contribution < 1.29 is 9.90 Å². The Hall–Kier alpha value is -2.62. The van der Waals surface area contributed by atoms with Crippen LogP contribution < -0.4 is 0 Å². The molecule has 0 atom stereocenters. The Morgan fingerprint density at radius 2 is 1.89 bits per heavy atom. The second-order valence-electron chi connectivity index (χ2n) is 4.37. The Morgan fingerprint density at radius 1 is 1.16 bits per heavy atom. The lowest BCUT2D eigenvalue weighted by Gasteiger charge is -2.00. The Labute approximate surface area is 110 Å². The van der Waals surface area contributed by atoms with Gasteiger partial charge in [-0.15, -0.1) is 0 Å². The molecule has 3 rings (SSSR count). The van der Waals surface area contributed by atoms with E-state index in [0.717, 1.165) is 11.1 Å². The zero-order valence-electron chi connectivity index (χ0n) is 10.4. The minimum absolute atomic E-state index is 0.199. The number of carboxylic acids is 1. The smallest absolute Gasteiger partial charge is 0.355 e. The van der Waals surface area contributed by atoms with Crippen molar-refractivity contribution in [1.82, 2.24) is 9.38 Å². The van der Waals surface area contributed by atoms with E-state index in [0.29, 0.717) is 11.3 Å². The van der Waals surface area contributed by atoms with E-state index in [-0.39, 0.29) is 5.69 Å². The molecule has 2 heterocycles. The minimum Gasteiger partial charge on any atom is -0.476 e. The normalized spacial score (nSPS) is 10.8. The molecular weight excluding hydrogens is 240 g/mol. The topological polar surface area (TPSA) is 54.6 Å². The predicted octanol–water partition coefficient (Wildman–Crippen LogP) is 3.01. The maximum atomic E-state index is 11.5. The third-order valence-electron chi connectivity index (χ3n) is 3.09. The second-order valence-corrected chi connectivity index (χ2v) is 4.37. The number of imidazole rings is 1. The van der Waals surface area contributed by atoms with Gasteiger partial charge in [0.2, 0.25) is 0 Å². The summed E-state index contributed by atoms with van der Waals surface area (Å²) in [7, 11) is 0. The van der Waals surface area contributed by atoms with Crippen molar-refractivity contribution in [2.75, 3.05) is 0 Å². The number of carbonyl (C=O) groups is 1. The quantitative estimate of drug-likeness (QED) is 0.762. The molecule has 94 valence electrons. The number of nitrogens with zero attached hydrogens (tertiary/aromatic N) is 2. The van der Waals surface area contributed by atoms with E-state index in [1.54, 1.807) is 10.6 Å². The van der Waals surface area contributed by atoms with Gasteiger partial charge in [0.1, 0.15) is 11.3 Å². The lowest BCUT2D eigenvalue weighted by atomic mass is 10.1. The lowest BCUT2D eigenvalue weighted by molar-refractivity contribution is 0.0690. The first-order valence-electron chi connectivity index (χ1n) is 5.95. The summed E-state index contributed by atoms with van der Waals surface area (Å²) in [6.07, 6.45) is 1.73. The van der Waals surface area contributed by atoms with Crippen LogP contribution in [-0.4, -0.2) is 20.5 Å². The maximum absolute atomic E-state index is 11.5. The molecule has 0 fully saturated rings. The molecule has 4 nitrogen and oxygen atoms in total. The van der Waals surface area contributed by atoms with E-state index in [9.17, 15) is 9.90 Å². The third kappa shape index (κ3) is 1.78. The molecule has 0 saturated carbocycles. The molecule has 0 radical (unpaired) electrons. The van der Waals surface area contributed by atoms with E-state index >= 15 is 0 Å². The average Bonchev–Trinajstić information content (AvgIpc) is 2.81. The van der Waals surface area contributed by atoms with E-state index in [1.165, 1.54) is 0 Å². The van der Waals surface area contributed by atoms with Gasteiger partial charge in [0, 0.05) is 11.8 Å². The fraction of sp³-hybridized carbons (Fsp3) is 0.0667. The van der Waals surface area contributed by atoms with Gasteiger partial charge in [0.25, 0.3) is 0 Å². The molecule has 0 bridgehead atoms. The number of aromatic nitrogens is 2. The van der Waals surface area contributed by atoms with Crippen LogP contribution in [0.1, 0.15) is 16.1 Å². The summed E-state index contributed by atoms with van der Waals surface area (Å²) in [5.74, 6) is -0.975. The number of hydrogen-bond acceptors (Lipinski definition) is 2. The van der Waals surface area contributed by atoms with Gasteiger partial charge in [-0.05, 0) is 18.6 Å². The third-order valence-corrected chi connectivity index (χ3v) is 3.09.